The quantitative estimate of drug-likeness (QED) is 0.210. The lowest BCUT2D eigenvalue weighted by Crippen LogP contribution is -2.60. The molecule has 1 saturated heterocycles. The van der Waals surface area contributed by atoms with E-state index in [1.54, 1.807) is 0 Å². The number of benzene rings is 2. The maximum Gasteiger partial charge on any atom is 0.229 e. The highest BCUT2D eigenvalue weighted by Gasteiger charge is 2.44. The van der Waals surface area contributed by atoms with Gasteiger partial charge in [-0.1, -0.05) is 24.0 Å². The summed E-state index contributed by atoms with van der Waals surface area (Å²) in [6.45, 7) is -0.670. The van der Waals surface area contributed by atoms with Crippen LogP contribution in [-0.4, -0.2) is 78.8 Å². The van der Waals surface area contributed by atoms with E-state index in [4.69, 9.17) is 9.47 Å². The minimum atomic E-state index is -1.71. The van der Waals surface area contributed by atoms with Crippen LogP contribution in [0.1, 0.15) is 15.9 Å². The van der Waals surface area contributed by atoms with E-state index in [-0.39, 0.29) is 5.75 Å². The monoisotopic (exact) mass is 449 g/mol. The van der Waals surface area contributed by atoms with Crippen LogP contribution in [0, 0.1) is 0 Å². The highest BCUT2D eigenvalue weighted by atomic mass is 16.7. The summed E-state index contributed by atoms with van der Waals surface area (Å²) >= 11 is 0. The molecule has 172 valence electrons. The lowest BCUT2D eigenvalue weighted by atomic mass is 9.99. The van der Waals surface area contributed by atoms with Gasteiger partial charge in [0.2, 0.25) is 6.29 Å². The maximum absolute atomic E-state index is 12.4. The first-order valence-electron chi connectivity index (χ1n) is 9.38. The molecule has 0 radical (unpaired) electrons. The predicted octanol–water partition coefficient (Wildman–Crippen LogP) is -1.05. The Morgan fingerprint density at radius 1 is 1.00 bits per heavy atom. The second-order valence-corrected chi connectivity index (χ2v) is 7.08. The van der Waals surface area contributed by atoms with E-state index in [9.17, 15) is 45.6 Å². The smallest absolute Gasteiger partial charge is 0.229 e. The van der Waals surface area contributed by atoms with Gasteiger partial charge in [0.1, 0.15) is 53.0 Å². The largest absolute Gasteiger partial charge is 0.870 e. The van der Waals surface area contributed by atoms with Crippen molar-refractivity contribution >= 4 is 11.9 Å². The predicted molar refractivity (Wildman–Crippen MR) is 105 cm³/mol. The third-order valence-corrected chi connectivity index (χ3v) is 4.83. The molecule has 0 unspecified atom stereocenters. The Labute approximate surface area is 181 Å². The summed E-state index contributed by atoms with van der Waals surface area (Å²) in [4.78, 5) is 12.4. The maximum atomic E-state index is 12.4. The van der Waals surface area contributed by atoms with Crippen molar-refractivity contribution in [1.29, 1.82) is 0 Å². The number of aliphatic hydroxyl groups excluding tert-OH is 4. The van der Waals surface area contributed by atoms with E-state index in [0.717, 1.165) is 30.3 Å². The van der Waals surface area contributed by atoms with Crippen molar-refractivity contribution in [3.63, 3.8) is 0 Å². The summed E-state index contributed by atoms with van der Waals surface area (Å²) in [7, 11) is 0. The lowest BCUT2D eigenvalue weighted by molar-refractivity contribution is -0.277. The molecule has 0 spiro atoms. The normalized spacial score (nSPS) is 25.7. The van der Waals surface area contributed by atoms with Crippen LogP contribution in [0.25, 0.3) is 6.08 Å². The molecule has 11 heteroatoms. The zero-order valence-corrected chi connectivity index (χ0v) is 16.4. The van der Waals surface area contributed by atoms with Gasteiger partial charge in [0, 0.05) is 12.1 Å². The molecule has 1 heterocycles. The van der Waals surface area contributed by atoms with Crippen LogP contribution in [0.5, 0.6) is 28.7 Å². The molecule has 7 N–H and O–H groups in total. The van der Waals surface area contributed by atoms with Crippen molar-refractivity contribution < 1.29 is 55.1 Å². The molecule has 0 amide bonds. The molecule has 1 aliphatic rings. The zero-order valence-electron chi connectivity index (χ0n) is 16.4. The van der Waals surface area contributed by atoms with Gasteiger partial charge in [-0.3, -0.25) is 4.79 Å². The Kier molecular flexibility index (Phi) is 6.87. The molecule has 2 aromatic rings. The van der Waals surface area contributed by atoms with Crippen LogP contribution in [0.3, 0.4) is 0 Å². The van der Waals surface area contributed by atoms with Crippen molar-refractivity contribution in [1.82, 2.24) is 0 Å². The Balaban J connectivity index is 1.78. The molecule has 0 aliphatic carbocycles. The molecule has 5 atom stereocenters. The van der Waals surface area contributed by atoms with Crippen LogP contribution >= 0.6 is 0 Å². The first-order chi connectivity index (χ1) is 15.1. The van der Waals surface area contributed by atoms with Gasteiger partial charge in [0.25, 0.3) is 0 Å². The second kappa shape index (κ2) is 9.42. The standard InChI is InChI=1S/C21H22O11/c22-8-16-18(28)19(29)20(30)21(32-16)31-10-6-14(26)17(15(27)7-10)12(24)4-2-9-1-3-11(23)13(25)5-9/h1-7,16,18-23,25-30H,8H2/p-1/b4-2+/t16-,18-,19+,20-,21-/m1/s1. The first-order valence-corrected chi connectivity index (χ1v) is 9.38. The number of hydrogen-bond donors (Lipinski definition) is 7. The fraction of sp³-hybridized carbons (Fsp3) is 0.286. The second-order valence-electron chi connectivity index (χ2n) is 7.08. The van der Waals surface area contributed by atoms with Gasteiger partial charge in [-0.25, -0.2) is 0 Å². The number of hydrogen-bond acceptors (Lipinski definition) is 11. The Morgan fingerprint density at radius 3 is 2.25 bits per heavy atom. The minimum Gasteiger partial charge on any atom is -0.870 e. The van der Waals surface area contributed by atoms with Crippen LogP contribution in [0.4, 0.5) is 0 Å². The van der Waals surface area contributed by atoms with Crippen LogP contribution in [-0.2, 0) is 4.74 Å². The number of ether oxygens (including phenoxy) is 2. The molecule has 0 aromatic heterocycles. The van der Waals surface area contributed by atoms with Gasteiger partial charge < -0.3 is 50.3 Å². The van der Waals surface area contributed by atoms with Gasteiger partial charge >= 0.3 is 0 Å². The third kappa shape index (κ3) is 4.77. The van der Waals surface area contributed by atoms with Gasteiger partial charge in [0.15, 0.2) is 5.78 Å². The molecular formula is C21H21O11-. The number of carbonyl (C=O) groups is 1. The van der Waals surface area contributed by atoms with Crippen LogP contribution in [0.2, 0.25) is 0 Å². The minimum absolute atomic E-state index is 0.235. The van der Waals surface area contributed by atoms with Crippen molar-refractivity contribution in [3.8, 4) is 28.7 Å². The molecule has 11 nitrogen and oxygen atoms in total. The number of allylic oxidation sites excluding steroid dienone is 1. The Morgan fingerprint density at radius 2 is 1.66 bits per heavy atom. The third-order valence-electron chi connectivity index (χ3n) is 4.83. The van der Waals surface area contributed by atoms with E-state index < -0.39 is 71.7 Å². The molecule has 1 aliphatic heterocycles. The molecule has 32 heavy (non-hydrogen) atoms. The summed E-state index contributed by atoms with van der Waals surface area (Å²) < 4.78 is 10.5. The molecule has 0 saturated carbocycles. The average molecular weight is 449 g/mol. The van der Waals surface area contributed by atoms with Gasteiger partial charge in [-0.05, 0) is 17.7 Å². The SMILES string of the molecule is O=C(/C=C/c1ccc([O-])c(O)c1)c1c(O)cc(O[C@@H]2O[C@H](CO)[C@@H](O)[C@H](O)[C@H]2O)cc1O. The van der Waals surface area contributed by atoms with E-state index >= 15 is 0 Å². The topological polar surface area (TPSA) is 200 Å². The summed E-state index contributed by atoms with van der Waals surface area (Å²) in [5, 5.41) is 79.8. The summed E-state index contributed by atoms with van der Waals surface area (Å²) in [5.74, 6) is -3.46. The Hall–Kier alpha value is -3.35. The molecule has 3 rings (SSSR count). The fourth-order valence-corrected chi connectivity index (χ4v) is 3.10. The summed E-state index contributed by atoms with van der Waals surface area (Å²) in [5.41, 5.74) is -0.135. The summed E-state index contributed by atoms with van der Waals surface area (Å²) in [6, 6.07) is 5.53. The summed E-state index contributed by atoms with van der Waals surface area (Å²) in [6.07, 6.45) is -5.49. The zero-order chi connectivity index (χ0) is 23.6. The van der Waals surface area contributed by atoms with Gasteiger partial charge in [0.05, 0.1) is 6.61 Å². The van der Waals surface area contributed by atoms with E-state index in [0.29, 0.717) is 5.56 Å². The van der Waals surface area contributed by atoms with Crippen LogP contribution < -0.4 is 9.84 Å². The van der Waals surface area contributed by atoms with Crippen molar-refractivity contribution in [2.75, 3.05) is 6.61 Å². The fourth-order valence-electron chi connectivity index (χ4n) is 3.10. The first kappa shape index (κ1) is 23.3. The number of phenols is 3. The Bertz CT molecular complexity index is 994. The number of phenolic OH excluding ortho intramolecular Hbond substituents is 3. The van der Waals surface area contributed by atoms with Crippen molar-refractivity contribution in [3.05, 3.63) is 47.5 Å². The lowest BCUT2D eigenvalue weighted by Gasteiger charge is -2.39. The molecule has 2 aromatic carbocycles. The number of ketones is 1. The number of rotatable bonds is 6. The highest BCUT2D eigenvalue weighted by Crippen LogP contribution is 2.35. The van der Waals surface area contributed by atoms with E-state index in [1.807, 2.05) is 0 Å². The van der Waals surface area contributed by atoms with Crippen LogP contribution in [0.15, 0.2) is 36.4 Å². The van der Waals surface area contributed by atoms with Crippen molar-refractivity contribution in [2.45, 2.75) is 30.7 Å². The molecule has 1 fully saturated rings. The molecular weight excluding hydrogens is 428 g/mol. The van der Waals surface area contributed by atoms with E-state index in [1.165, 1.54) is 12.1 Å². The average Bonchev–Trinajstić information content (AvgIpc) is 2.74. The highest BCUT2D eigenvalue weighted by molar-refractivity contribution is 6.10. The number of aromatic hydroxyl groups is 3. The number of aliphatic hydroxyl groups is 4. The van der Waals surface area contributed by atoms with Gasteiger partial charge in [-0.2, -0.15) is 0 Å². The van der Waals surface area contributed by atoms with E-state index in [2.05, 4.69) is 0 Å². The van der Waals surface area contributed by atoms with Gasteiger partial charge in [-0.15, -0.1) is 0 Å². The van der Waals surface area contributed by atoms with Crippen molar-refractivity contribution in [2.24, 2.45) is 0 Å². The number of carbonyl (C=O) groups excluding carboxylic acids is 1. The molecule has 0 bridgehead atoms.